The van der Waals surface area contributed by atoms with E-state index in [9.17, 15) is 8.78 Å². The first-order valence-corrected chi connectivity index (χ1v) is 7.53. The average molecular weight is 304 g/mol. The molecular formula is C16H18F2N4. The van der Waals surface area contributed by atoms with Gasteiger partial charge in [0.2, 0.25) is 5.95 Å². The molecule has 1 saturated carbocycles. The first-order valence-electron chi connectivity index (χ1n) is 7.53. The molecule has 1 aromatic heterocycles. The maximum atomic E-state index is 13.6. The van der Waals surface area contributed by atoms with Gasteiger partial charge in [0.05, 0.1) is 0 Å². The van der Waals surface area contributed by atoms with E-state index in [0.717, 1.165) is 12.8 Å². The highest BCUT2D eigenvalue weighted by atomic mass is 19.1. The molecule has 1 heterocycles. The first kappa shape index (κ1) is 14.7. The van der Waals surface area contributed by atoms with Crippen LogP contribution in [0.1, 0.15) is 32.1 Å². The number of rotatable bonds is 4. The molecule has 116 valence electrons. The largest absolute Gasteiger partial charge is 0.367 e. The highest BCUT2D eigenvalue weighted by Crippen LogP contribution is 2.23. The van der Waals surface area contributed by atoms with Gasteiger partial charge in [0, 0.05) is 12.2 Å². The van der Waals surface area contributed by atoms with Crippen molar-refractivity contribution in [2.24, 2.45) is 0 Å². The van der Waals surface area contributed by atoms with Gasteiger partial charge >= 0.3 is 0 Å². The molecule has 1 aliphatic rings. The third-order valence-electron chi connectivity index (χ3n) is 3.81. The summed E-state index contributed by atoms with van der Waals surface area (Å²) in [6.45, 7) is 0. The van der Waals surface area contributed by atoms with E-state index in [1.54, 1.807) is 12.3 Å². The fraction of sp³-hybridized carbons (Fsp3) is 0.375. The standard InChI is InChI=1S/C16H18F2N4/c17-12-7-4-8-13(18)15(12)22-16-19-10-9-14(21-16)20-11-5-2-1-3-6-11/h4,7-11H,1-3,5-6H2,(H2,19,20,21,22). The zero-order chi connectivity index (χ0) is 15.4. The predicted octanol–water partition coefficient (Wildman–Crippen LogP) is 4.24. The minimum atomic E-state index is -0.672. The van der Waals surface area contributed by atoms with Gasteiger partial charge in [-0.25, -0.2) is 13.8 Å². The molecule has 1 aromatic carbocycles. The molecule has 0 radical (unpaired) electrons. The lowest BCUT2D eigenvalue weighted by molar-refractivity contribution is 0.462. The van der Waals surface area contributed by atoms with Crippen LogP contribution in [-0.4, -0.2) is 16.0 Å². The number of hydrogen-bond acceptors (Lipinski definition) is 4. The van der Waals surface area contributed by atoms with E-state index in [4.69, 9.17) is 0 Å². The normalized spacial score (nSPS) is 15.5. The Labute approximate surface area is 128 Å². The fourth-order valence-corrected chi connectivity index (χ4v) is 2.68. The van der Waals surface area contributed by atoms with Gasteiger partial charge in [-0.3, -0.25) is 0 Å². The number of aromatic nitrogens is 2. The number of para-hydroxylation sites is 1. The van der Waals surface area contributed by atoms with E-state index < -0.39 is 11.6 Å². The molecule has 0 atom stereocenters. The highest BCUT2D eigenvalue weighted by Gasteiger charge is 2.14. The van der Waals surface area contributed by atoms with Gasteiger partial charge in [-0.2, -0.15) is 4.98 Å². The molecule has 0 bridgehead atoms. The molecule has 1 fully saturated rings. The maximum Gasteiger partial charge on any atom is 0.229 e. The Kier molecular flexibility index (Phi) is 4.46. The number of anilines is 3. The second-order valence-corrected chi connectivity index (χ2v) is 5.47. The van der Waals surface area contributed by atoms with Crippen molar-refractivity contribution in [1.29, 1.82) is 0 Å². The summed E-state index contributed by atoms with van der Waals surface area (Å²) >= 11 is 0. The second kappa shape index (κ2) is 6.68. The smallest absolute Gasteiger partial charge is 0.229 e. The molecule has 22 heavy (non-hydrogen) atoms. The summed E-state index contributed by atoms with van der Waals surface area (Å²) in [5.41, 5.74) is -0.239. The van der Waals surface area contributed by atoms with Crippen LogP contribution < -0.4 is 10.6 Å². The van der Waals surface area contributed by atoms with Crippen molar-refractivity contribution in [1.82, 2.24) is 9.97 Å². The minimum Gasteiger partial charge on any atom is -0.367 e. The van der Waals surface area contributed by atoms with Crippen LogP contribution in [0.25, 0.3) is 0 Å². The minimum absolute atomic E-state index is 0.171. The Balaban J connectivity index is 1.73. The third kappa shape index (κ3) is 3.50. The van der Waals surface area contributed by atoms with E-state index in [1.165, 1.54) is 37.5 Å². The van der Waals surface area contributed by atoms with Gasteiger partial charge < -0.3 is 10.6 Å². The van der Waals surface area contributed by atoms with E-state index >= 15 is 0 Å². The number of halogens is 2. The summed E-state index contributed by atoms with van der Waals surface area (Å²) in [7, 11) is 0. The molecule has 0 unspecified atom stereocenters. The van der Waals surface area contributed by atoms with Gasteiger partial charge in [-0.15, -0.1) is 0 Å². The van der Waals surface area contributed by atoms with Crippen LogP contribution in [0, 0.1) is 11.6 Å². The Hall–Kier alpha value is -2.24. The van der Waals surface area contributed by atoms with Crippen molar-refractivity contribution in [2.75, 3.05) is 10.6 Å². The lowest BCUT2D eigenvalue weighted by Gasteiger charge is -2.23. The van der Waals surface area contributed by atoms with Crippen molar-refractivity contribution < 1.29 is 8.78 Å². The number of benzene rings is 1. The van der Waals surface area contributed by atoms with Crippen LogP contribution >= 0.6 is 0 Å². The number of nitrogens with one attached hydrogen (secondary N) is 2. The van der Waals surface area contributed by atoms with Crippen LogP contribution in [0.4, 0.5) is 26.2 Å². The first-order chi connectivity index (χ1) is 10.7. The summed E-state index contributed by atoms with van der Waals surface area (Å²) < 4.78 is 27.3. The summed E-state index contributed by atoms with van der Waals surface area (Å²) in [4.78, 5) is 8.29. The Morgan fingerprint density at radius 3 is 2.45 bits per heavy atom. The molecule has 0 saturated heterocycles. The van der Waals surface area contributed by atoms with Crippen LogP contribution in [0.15, 0.2) is 30.5 Å². The molecule has 0 aliphatic heterocycles. The van der Waals surface area contributed by atoms with Gasteiger partial charge in [0.1, 0.15) is 23.1 Å². The van der Waals surface area contributed by atoms with Crippen molar-refractivity contribution in [3.63, 3.8) is 0 Å². The Morgan fingerprint density at radius 2 is 1.73 bits per heavy atom. The molecule has 2 aromatic rings. The predicted molar refractivity (Wildman–Crippen MR) is 82.2 cm³/mol. The average Bonchev–Trinajstić information content (AvgIpc) is 2.53. The molecule has 2 N–H and O–H groups in total. The van der Waals surface area contributed by atoms with Crippen molar-refractivity contribution in [3.8, 4) is 0 Å². The quantitative estimate of drug-likeness (QED) is 0.887. The summed E-state index contributed by atoms with van der Waals surface area (Å²) in [6.07, 6.45) is 7.52. The fourth-order valence-electron chi connectivity index (χ4n) is 2.68. The number of hydrogen-bond donors (Lipinski definition) is 2. The monoisotopic (exact) mass is 304 g/mol. The van der Waals surface area contributed by atoms with Crippen molar-refractivity contribution in [3.05, 3.63) is 42.1 Å². The van der Waals surface area contributed by atoms with Crippen LogP contribution in [-0.2, 0) is 0 Å². The molecule has 0 spiro atoms. The van der Waals surface area contributed by atoms with E-state index in [0.29, 0.717) is 11.9 Å². The molecule has 3 rings (SSSR count). The Morgan fingerprint density at radius 1 is 1.00 bits per heavy atom. The van der Waals surface area contributed by atoms with Crippen LogP contribution in [0.3, 0.4) is 0 Å². The SMILES string of the molecule is Fc1cccc(F)c1Nc1nccc(NC2CCCCC2)n1. The van der Waals surface area contributed by atoms with E-state index in [-0.39, 0.29) is 11.6 Å². The molecule has 6 heteroatoms. The molecular weight excluding hydrogens is 286 g/mol. The summed E-state index contributed by atoms with van der Waals surface area (Å²) in [6, 6.07) is 5.86. The van der Waals surface area contributed by atoms with Gasteiger partial charge in [0.15, 0.2) is 0 Å². The van der Waals surface area contributed by atoms with Crippen LogP contribution in [0.2, 0.25) is 0 Å². The molecule has 1 aliphatic carbocycles. The van der Waals surface area contributed by atoms with Crippen LogP contribution in [0.5, 0.6) is 0 Å². The van der Waals surface area contributed by atoms with Crippen molar-refractivity contribution >= 4 is 17.5 Å². The Bertz CT molecular complexity index is 622. The zero-order valence-electron chi connectivity index (χ0n) is 12.1. The zero-order valence-corrected chi connectivity index (χ0v) is 12.1. The van der Waals surface area contributed by atoms with Crippen molar-refractivity contribution in [2.45, 2.75) is 38.1 Å². The highest BCUT2D eigenvalue weighted by molar-refractivity contribution is 5.56. The van der Waals surface area contributed by atoms with Gasteiger partial charge in [-0.1, -0.05) is 25.3 Å². The lowest BCUT2D eigenvalue weighted by Crippen LogP contribution is -2.23. The van der Waals surface area contributed by atoms with Gasteiger partial charge in [-0.05, 0) is 31.0 Å². The second-order valence-electron chi connectivity index (χ2n) is 5.47. The van der Waals surface area contributed by atoms with Gasteiger partial charge in [0.25, 0.3) is 0 Å². The lowest BCUT2D eigenvalue weighted by atomic mass is 9.95. The topological polar surface area (TPSA) is 49.8 Å². The summed E-state index contributed by atoms with van der Waals surface area (Å²) in [5, 5.41) is 5.96. The van der Waals surface area contributed by atoms with E-state index in [1.807, 2.05) is 0 Å². The third-order valence-corrected chi connectivity index (χ3v) is 3.81. The molecule has 0 amide bonds. The number of nitrogens with zero attached hydrogens (tertiary/aromatic N) is 2. The maximum absolute atomic E-state index is 13.6. The summed E-state index contributed by atoms with van der Waals surface area (Å²) in [5.74, 6) is -0.505. The van der Waals surface area contributed by atoms with E-state index in [2.05, 4.69) is 20.6 Å². The molecule has 4 nitrogen and oxygen atoms in total.